The maximum absolute atomic E-state index is 12.8. The van der Waals surface area contributed by atoms with E-state index >= 15 is 0 Å². The smallest absolute Gasteiger partial charge is 0.224 e. The summed E-state index contributed by atoms with van der Waals surface area (Å²) in [6.07, 6.45) is 1.36. The van der Waals surface area contributed by atoms with Crippen molar-refractivity contribution >= 4 is 27.5 Å². The fourth-order valence-electron chi connectivity index (χ4n) is 3.49. The second-order valence-electron chi connectivity index (χ2n) is 7.22. The fraction of sp³-hybridized carbons (Fsp3) is 0.381. The quantitative estimate of drug-likeness (QED) is 0.773. The Bertz CT molecular complexity index is 918. The Morgan fingerprint density at radius 3 is 2.68 bits per heavy atom. The highest BCUT2D eigenvalue weighted by Crippen LogP contribution is 2.23. The number of carbonyl (C=O) groups is 1. The molecule has 1 aliphatic rings. The van der Waals surface area contributed by atoms with Crippen LogP contribution in [0.4, 0.5) is 0 Å². The molecular weight excluding hydrogens is 396 g/mol. The van der Waals surface area contributed by atoms with Gasteiger partial charge in [0.05, 0.1) is 17.7 Å². The van der Waals surface area contributed by atoms with Crippen molar-refractivity contribution in [3.63, 3.8) is 0 Å². The summed E-state index contributed by atoms with van der Waals surface area (Å²) in [5.74, 6) is -0.546. The van der Waals surface area contributed by atoms with E-state index in [9.17, 15) is 13.2 Å². The Morgan fingerprint density at radius 1 is 1.21 bits per heavy atom. The van der Waals surface area contributed by atoms with Crippen molar-refractivity contribution in [2.24, 2.45) is 5.92 Å². The Kier molecular flexibility index (Phi) is 6.75. The molecule has 1 fully saturated rings. The van der Waals surface area contributed by atoms with Crippen molar-refractivity contribution < 1.29 is 13.2 Å². The van der Waals surface area contributed by atoms with Crippen LogP contribution in [0.5, 0.6) is 0 Å². The number of halogens is 1. The van der Waals surface area contributed by atoms with Crippen LogP contribution in [0.3, 0.4) is 0 Å². The molecular formula is C21H25ClN2O3S. The zero-order chi connectivity index (χ0) is 20.1. The largest absolute Gasteiger partial charge is 0.349 e. The lowest BCUT2D eigenvalue weighted by molar-refractivity contribution is -0.126. The van der Waals surface area contributed by atoms with Crippen molar-refractivity contribution in [1.82, 2.24) is 9.62 Å². The molecule has 1 N–H and O–H groups in total. The Morgan fingerprint density at radius 2 is 1.96 bits per heavy atom. The molecule has 0 saturated carbocycles. The van der Waals surface area contributed by atoms with Gasteiger partial charge in [0.15, 0.2) is 0 Å². The van der Waals surface area contributed by atoms with Crippen molar-refractivity contribution in [1.29, 1.82) is 0 Å². The highest BCUT2D eigenvalue weighted by atomic mass is 35.5. The highest BCUT2D eigenvalue weighted by molar-refractivity contribution is 7.88. The molecule has 0 radical (unpaired) electrons. The molecule has 150 valence electrons. The second-order valence-corrected chi connectivity index (χ2v) is 9.63. The van der Waals surface area contributed by atoms with Crippen LogP contribution in [0, 0.1) is 5.92 Å². The lowest BCUT2D eigenvalue weighted by atomic mass is 9.98. The first-order valence-electron chi connectivity index (χ1n) is 9.43. The fourth-order valence-corrected chi connectivity index (χ4v) is 5.30. The SMILES string of the molecule is C[C@@H](NC(=O)[C@@H]1CCCN(S(=O)(=O)Cc2cccc(Cl)c2)C1)c1ccccc1. The molecule has 5 nitrogen and oxygen atoms in total. The summed E-state index contributed by atoms with van der Waals surface area (Å²) < 4.78 is 27.1. The molecule has 28 heavy (non-hydrogen) atoms. The van der Waals surface area contributed by atoms with Crippen molar-refractivity contribution in [3.8, 4) is 0 Å². The molecule has 1 heterocycles. The number of hydrogen-bond acceptors (Lipinski definition) is 3. The minimum Gasteiger partial charge on any atom is -0.349 e. The predicted octanol–water partition coefficient (Wildman–Crippen LogP) is 3.76. The van der Waals surface area contributed by atoms with E-state index in [0.29, 0.717) is 30.0 Å². The molecule has 2 atom stereocenters. The first-order valence-corrected chi connectivity index (χ1v) is 11.4. The Balaban J connectivity index is 1.63. The molecule has 1 amide bonds. The molecule has 0 aliphatic carbocycles. The minimum atomic E-state index is -3.51. The molecule has 2 aromatic rings. The summed E-state index contributed by atoms with van der Waals surface area (Å²) in [5.41, 5.74) is 1.67. The zero-order valence-electron chi connectivity index (χ0n) is 15.8. The molecule has 0 bridgehead atoms. The first-order chi connectivity index (χ1) is 13.3. The summed E-state index contributed by atoms with van der Waals surface area (Å²) in [5, 5.41) is 3.53. The van der Waals surface area contributed by atoms with Gasteiger partial charge < -0.3 is 5.32 Å². The van der Waals surface area contributed by atoms with E-state index in [1.807, 2.05) is 37.3 Å². The van der Waals surface area contributed by atoms with Crippen LogP contribution >= 0.6 is 11.6 Å². The van der Waals surface area contributed by atoms with Gasteiger partial charge in [0, 0.05) is 18.1 Å². The van der Waals surface area contributed by atoms with Crippen LogP contribution in [0.1, 0.15) is 36.9 Å². The number of piperidine rings is 1. The number of nitrogens with zero attached hydrogens (tertiary/aromatic N) is 1. The maximum Gasteiger partial charge on any atom is 0.224 e. The van der Waals surface area contributed by atoms with Gasteiger partial charge in [0.25, 0.3) is 0 Å². The monoisotopic (exact) mass is 420 g/mol. The molecule has 0 spiro atoms. The third kappa shape index (κ3) is 5.34. The van der Waals surface area contributed by atoms with Gasteiger partial charge in [-0.05, 0) is 43.0 Å². The topological polar surface area (TPSA) is 66.5 Å². The van der Waals surface area contributed by atoms with Gasteiger partial charge >= 0.3 is 0 Å². The Labute approximate surface area is 171 Å². The summed E-state index contributed by atoms with van der Waals surface area (Å²) in [7, 11) is -3.51. The number of nitrogens with one attached hydrogen (secondary N) is 1. The number of hydrogen-bond donors (Lipinski definition) is 1. The van der Waals surface area contributed by atoms with Crippen LogP contribution < -0.4 is 5.32 Å². The normalized spacial score (nSPS) is 19.1. The predicted molar refractivity (Wildman–Crippen MR) is 111 cm³/mol. The van der Waals surface area contributed by atoms with Crippen LogP contribution in [-0.4, -0.2) is 31.7 Å². The van der Waals surface area contributed by atoms with E-state index < -0.39 is 10.0 Å². The van der Waals surface area contributed by atoms with Crippen molar-refractivity contribution in [3.05, 3.63) is 70.7 Å². The summed E-state index contributed by atoms with van der Waals surface area (Å²) >= 11 is 5.96. The van der Waals surface area contributed by atoms with Gasteiger partial charge in [0.2, 0.25) is 15.9 Å². The number of benzene rings is 2. The summed E-state index contributed by atoms with van der Waals surface area (Å²) in [6, 6.07) is 16.5. The van der Waals surface area contributed by atoms with Gasteiger partial charge in [-0.2, -0.15) is 0 Å². The first kappa shape index (κ1) is 20.8. The number of amides is 1. The number of carbonyl (C=O) groups excluding carboxylic acids is 1. The van der Waals surface area contributed by atoms with Crippen LogP contribution in [0.25, 0.3) is 0 Å². The van der Waals surface area contributed by atoms with Gasteiger partial charge in [-0.25, -0.2) is 12.7 Å². The number of sulfonamides is 1. The summed E-state index contributed by atoms with van der Waals surface area (Å²) in [4.78, 5) is 12.7. The van der Waals surface area contributed by atoms with E-state index in [0.717, 1.165) is 5.56 Å². The van der Waals surface area contributed by atoms with Gasteiger partial charge in [0.1, 0.15) is 0 Å². The molecule has 7 heteroatoms. The van der Waals surface area contributed by atoms with Gasteiger partial charge in [-0.15, -0.1) is 0 Å². The summed E-state index contributed by atoms with van der Waals surface area (Å²) in [6.45, 7) is 2.60. The standard InChI is InChI=1S/C21H25ClN2O3S/c1-16(18-8-3-2-4-9-18)23-21(25)19-10-6-12-24(14-19)28(26,27)15-17-7-5-11-20(22)13-17/h2-5,7-9,11,13,16,19H,6,10,12,14-15H2,1H3,(H,23,25)/t16-,19-/m1/s1. The molecule has 0 unspecified atom stereocenters. The molecule has 1 aliphatic heterocycles. The second kappa shape index (κ2) is 9.07. The van der Waals surface area contributed by atoms with Crippen LogP contribution in [-0.2, 0) is 20.6 Å². The molecule has 0 aromatic heterocycles. The van der Waals surface area contributed by atoms with Crippen LogP contribution in [0.15, 0.2) is 54.6 Å². The lowest BCUT2D eigenvalue weighted by Crippen LogP contribution is -2.46. The van der Waals surface area contributed by atoms with E-state index in [4.69, 9.17) is 11.6 Å². The zero-order valence-corrected chi connectivity index (χ0v) is 17.4. The Hall–Kier alpha value is -1.89. The van der Waals surface area contributed by atoms with E-state index in [1.54, 1.807) is 24.3 Å². The molecule has 2 aromatic carbocycles. The third-order valence-corrected chi connectivity index (χ3v) is 7.10. The number of rotatable bonds is 6. The van der Waals surface area contributed by atoms with Gasteiger partial charge in [-0.3, -0.25) is 4.79 Å². The van der Waals surface area contributed by atoms with Crippen LogP contribution in [0.2, 0.25) is 5.02 Å². The van der Waals surface area contributed by atoms with Gasteiger partial charge in [-0.1, -0.05) is 54.1 Å². The molecule has 1 saturated heterocycles. The van der Waals surface area contributed by atoms with E-state index in [2.05, 4.69) is 5.32 Å². The highest BCUT2D eigenvalue weighted by Gasteiger charge is 2.32. The van der Waals surface area contributed by atoms with Crippen molar-refractivity contribution in [2.45, 2.75) is 31.6 Å². The average Bonchev–Trinajstić information content (AvgIpc) is 2.68. The molecule has 3 rings (SSSR count). The maximum atomic E-state index is 12.8. The minimum absolute atomic E-state index is 0.0981. The lowest BCUT2D eigenvalue weighted by Gasteiger charge is -2.32. The van der Waals surface area contributed by atoms with Crippen molar-refractivity contribution in [2.75, 3.05) is 13.1 Å². The van der Waals surface area contributed by atoms with E-state index in [1.165, 1.54) is 4.31 Å². The van der Waals surface area contributed by atoms with E-state index in [-0.39, 0.29) is 30.2 Å². The third-order valence-electron chi connectivity index (χ3n) is 5.04. The average molecular weight is 421 g/mol.